The number of benzene rings is 3. The highest BCUT2D eigenvalue weighted by Gasteiger charge is 2.33. The van der Waals surface area contributed by atoms with Crippen LogP contribution in [0.3, 0.4) is 0 Å². The molecular formula is C35H35F3N4O5. The maximum atomic E-state index is 13.5. The molecule has 2 atom stereocenters. The molecule has 0 radical (unpaired) electrons. The molecule has 9 nitrogen and oxygen atoms in total. The Labute approximate surface area is 270 Å². The Bertz CT molecular complexity index is 1750. The van der Waals surface area contributed by atoms with Gasteiger partial charge in [0.1, 0.15) is 0 Å². The van der Waals surface area contributed by atoms with Crippen molar-refractivity contribution in [2.45, 2.75) is 43.9 Å². The van der Waals surface area contributed by atoms with Crippen molar-refractivity contribution >= 4 is 5.91 Å². The van der Waals surface area contributed by atoms with E-state index < -0.39 is 11.7 Å². The summed E-state index contributed by atoms with van der Waals surface area (Å²) >= 11 is 0. The third-order valence-corrected chi connectivity index (χ3v) is 8.74. The molecule has 1 N–H and O–H groups in total. The second-order valence-electron chi connectivity index (χ2n) is 11.5. The minimum absolute atomic E-state index is 0.0342. The number of hydrogen-bond donors (Lipinski definition) is 1. The van der Waals surface area contributed by atoms with Crippen LogP contribution in [0, 0.1) is 0 Å². The van der Waals surface area contributed by atoms with Gasteiger partial charge in [0.2, 0.25) is 5.91 Å². The quantitative estimate of drug-likeness (QED) is 0.216. The van der Waals surface area contributed by atoms with Crippen molar-refractivity contribution in [2.24, 2.45) is 0 Å². The van der Waals surface area contributed by atoms with Crippen LogP contribution in [-0.4, -0.2) is 55.2 Å². The van der Waals surface area contributed by atoms with Gasteiger partial charge in [0.25, 0.3) is 0 Å². The number of ether oxygens (including phenoxy) is 4. The standard InChI is InChI=1S/C35H35F3N4O5/c1-44-29-11-8-21(15-30(29)45-2)14-28-26-17-32(47-34-39-18-24(19-40-34)35(36,37)38)31(46-3)16-23(26)12-13-42(28)20-33(43)41-27-10-9-22-6-4-5-7-25(22)27/h4-8,11,15-19,27-28H,9-10,12-14,20H2,1-3H3,(H,41,43). The lowest BCUT2D eigenvalue weighted by molar-refractivity contribution is -0.138. The van der Waals surface area contributed by atoms with E-state index in [0.29, 0.717) is 49.0 Å². The maximum Gasteiger partial charge on any atom is 0.419 e. The number of carbonyl (C=O) groups excluding carboxylic acids is 1. The summed E-state index contributed by atoms with van der Waals surface area (Å²) in [6.45, 7) is 0.783. The number of methoxy groups -OCH3 is 3. The van der Waals surface area contributed by atoms with Gasteiger partial charge in [0, 0.05) is 25.0 Å². The molecule has 2 unspecified atom stereocenters. The minimum atomic E-state index is -4.57. The van der Waals surface area contributed by atoms with Crippen LogP contribution < -0.4 is 24.3 Å². The van der Waals surface area contributed by atoms with Gasteiger partial charge in [0.05, 0.1) is 39.5 Å². The molecule has 4 aromatic rings. The second kappa shape index (κ2) is 13.5. The van der Waals surface area contributed by atoms with E-state index in [1.54, 1.807) is 20.3 Å². The fourth-order valence-corrected chi connectivity index (χ4v) is 6.40. The van der Waals surface area contributed by atoms with Crippen LogP contribution in [0.4, 0.5) is 13.2 Å². The first-order valence-corrected chi connectivity index (χ1v) is 15.3. The number of carbonyl (C=O) groups is 1. The second-order valence-corrected chi connectivity index (χ2v) is 11.5. The molecule has 2 heterocycles. The van der Waals surface area contributed by atoms with Crippen LogP contribution in [0.25, 0.3) is 0 Å². The molecule has 3 aromatic carbocycles. The highest BCUT2D eigenvalue weighted by molar-refractivity contribution is 5.79. The summed E-state index contributed by atoms with van der Waals surface area (Å²) in [4.78, 5) is 23.2. The lowest BCUT2D eigenvalue weighted by atomic mass is 9.88. The molecule has 1 aliphatic heterocycles. The van der Waals surface area contributed by atoms with Crippen molar-refractivity contribution in [3.8, 4) is 29.0 Å². The van der Waals surface area contributed by atoms with Crippen LogP contribution >= 0.6 is 0 Å². The van der Waals surface area contributed by atoms with Crippen LogP contribution in [0.5, 0.6) is 29.0 Å². The van der Waals surface area contributed by atoms with Gasteiger partial charge >= 0.3 is 12.2 Å². The SMILES string of the molecule is COc1ccc(CC2c3cc(Oc4ncc(C(F)(F)F)cn4)c(OC)cc3CCN2CC(=O)NC2CCc3ccccc32)cc1OC. The van der Waals surface area contributed by atoms with Crippen LogP contribution in [0.15, 0.2) is 67.0 Å². The minimum Gasteiger partial charge on any atom is -0.493 e. The maximum absolute atomic E-state index is 13.5. The van der Waals surface area contributed by atoms with Crippen molar-refractivity contribution < 1.29 is 36.9 Å². The topological polar surface area (TPSA) is 95.0 Å². The molecule has 2 aliphatic rings. The Balaban J connectivity index is 1.31. The monoisotopic (exact) mass is 648 g/mol. The Kier molecular flexibility index (Phi) is 9.21. The average Bonchev–Trinajstić information content (AvgIpc) is 3.47. The van der Waals surface area contributed by atoms with E-state index in [1.807, 2.05) is 36.4 Å². The third-order valence-electron chi connectivity index (χ3n) is 8.74. The zero-order valence-electron chi connectivity index (χ0n) is 26.3. The zero-order chi connectivity index (χ0) is 33.1. The summed E-state index contributed by atoms with van der Waals surface area (Å²) in [5.74, 6) is 1.75. The molecule has 12 heteroatoms. The van der Waals surface area contributed by atoms with Gasteiger partial charge in [-0.3, -0.25) is 9.69 Å². The van der Waals surface area contributed by atoms with Crippen molar-refractivity contribution in [1.82, 2.24) is 20.2 Å². The van der Waals surface area contributed by atoms with E-state index in [0.717, 1.165) is 35.1 Å². The van der Waals surface area contributed by atoms with E-state index in [4.69, 9.17) is 18.9 Å². The Morgan fingerprint density at radius 3 is 2.32 bits per heavy atom. The molecule has 1 aliphatic carbocycles. The number of fused-ring (bicyclic) bond motifs is 2. The Hall–Kier alpha value is -4.84. The number of nitrogens with zero attached hydrogens (tertiary/aromatic N) is 3. The molecule has 1 aromatic heterocycles. The summed E-state index contributed by atoms with van der Waals surface area (Å²) in [6, 6.07) is 17.0. The number of aromatic nitrogens is 2. The van der Waals surface area contributed by atoms with E-state index in [2.05, 4.69) is 32.3 Å². The number of hydrogen-bond acceptors (Lipinski definition) is 8. The predicted molar refractivity (Wildman–Crippen MR) is 167 cm³/mol. The van der Waals surface area contributed by atoms with Crippen LogP contribution in [-0.2, 0) is 30.2 Å². The number of aryl methyl sites for hydroxylation is 1. The summed E-state index contributed by atoms with van der Waals surface area (Å²) in [7, 11) is 4.64. The fraction of sp³-hybridized carbons (Fsp3) is 0.343. The largest absolute Gasteiger partial charge is 0.493 e. The third kappa shape index (κ3) is 6.97. The Morgan fingerprint density at radius 2 is 1.60 bits per heavy atom. The molecule has 0 saturated carbocycles. The van der Waals surface area contributed by atoms with Crippen molar-refractivity contribution in [3.63, 3.8) is 0 Å². The van der Waals surface area contributed by atoms with E-state index in [1.165, 1.54) is 12.7 Å². The van der Waals surface area contributed by atoms with Crippen molar-refractivity contribution in [2.75, 3.05) is 34.4 Å². The van der Waals surface area contributed by atoms with Gasteiger partial charge in [-0.15, -0.1) is 0 Å². The lowest BCUT2D eigenvalue weighted by Gasteiger charge is -2.38. The molecule has 1 amide bonds. The normalized spacial score (nSPS) is 17.4. The van der Waals surface area contributed by atoms with Crippen molar-refractivity contribution in [3.05, 3.63) is 100 Å². The predicted octanol–water partition coefficient (Wildman–Crippen LogP) is 6.26. The molecule has 47 heavy (non-hydrogen) atoms. The van der Waals surface area contributed by atoms with Gasteiger partial charge in [-0.25, -0.2) is 9.97 Å². The highest BCUT2D eigenvalue weighted by Crippen LogP contribution is 2.42. The van der Waals surface area contributed by atoms with Crippen molar-refractivity contribution in [1.29, 1.82) is 0 Å². The summed E-state index contributed by atoms with van der Waals surface area (Å²) in [6.07, 6.45) is -0.272. The smallest absolute Gasteiger partial charge is 0.419 e. The number of alkyl halides is 3. The Morgan fingerprint density at radius 1 is 0.872 bits per heavy atom. The molecule has 0 fully saturated rings. The first-order valence-electron chi connectivity index (χ1n) is 15.3. The molecular weight excluding hydrogens is 613 g/mol. The van der Waals surface area contributed by atoms with Gasteiger partial charge < -0.3 is 24.3 Å². The molecule has 6 rings (SSSR count). The number of halogens is 3. The first kappa shape index (κ1) is 32.1. The summed E-state index contributed by atoms with van der Waals surface area (Å²) in [5, 5.41) is 3.24. The first-order chi connectivity index (χ1) is 22.7. The van der Waals surface area contributed by atoms with E-state index in [9.17, 15) is 18.0 Å². The van der Waals surface area contributed by atoms with Gasteiger partial charge in [0.15, 0.2) is 23.0 Å². The van der Waals surface area contributed by atoms with Crippen LogP contribution in [0.2, 0.25) is 0 Å². The molecule has 0 spiro atoms. The summed E-state index contributed by atoms with van der Waals surface area (Å²) in [5.41, 5.74) is 4.30. The average molecular weight is 649 g/mol. The highest BCUT2D eigenvalue weighted by atomic mass is 19.4. The van der Waals surface area contributed by atoms with Gasteiger partial charge in [-0.05, 0) is 77.8 Å². The summed E-state index contributed by atoms with van der Waals surface area (Å²) < 4.78 is 61.7. The molecule has 0 bridgehead atoms. The fourth-order valence-electron chi connectivity index (χ4n) is 6.40. The lowest BCUT2D eigenvalue weighted by Crippen LogP contribution is -2.44. The molecule has 246 valence electrons. The van der Waals surface area contributed by atoms with Gasteiger partial charge in [-0.2, -0.15) is 13.2 Å². The number of amides is 1. The van der Waals surface area contributed by atoms with E-state index in [-0.39, 0.29) is 36.3 Å². The van der Waals surface area contributed by atoms with E-state index >= 15 is 0 Å². The van der Waals surface area contributed by atoms with Gasteiger partial charge in [-0.1, -0.05) is 30.3 Å². The number of nitrogens with one attached hydrogen (secondary N) is 1. The zero-order valence-corrected chi connectivity index (χ0v) is 26.3. The molecule has 0 saturated heterocycles. The number of rotatable bonds is 10. The van der Waals surface area contributed by atoms with Crippen LogP contribution in [0.1, 0.15) is 51.9 Å².